The summed E-state index contributed by atoms with van der Waals surface area (Å²) in [5.41, 5.74) is 12.7. The van der Waals surface area contributed by atoms with Crippen molar-refractivity contribution in [2.45, 2.75) is 53.7 Å². The summed E-state index contributed by atoms with van der Waals surface area (Å²) >= 11 is 1.85. The van der Waals surface area contributed by atoms with Gasteiger partial charge in [0.05, 0.1) is 22.4 Å². The molecule has 2 heterocycles. The fourth-order valence-corrected chi connectivity index (χ4v) is 12.6. The van der Waals surface area contributed by atoms with E-state index in [0.29, 0.717) is 5.41 Å². The summed E-state index contributed by atoms with van der Waals surface area (Å²) in [6.45, 7) is 0. The lowest BCUT2D eigenvalue weighted by Gasteiger charge is -2.57. The predicted octanol–water partition coefficient (Wildman–Crippen LogP) is 14.7. The van der Waals surface area contributed by atoms with Gasteiger partial charge in [-0.3, -0.25) is 0 Å². The molecule has 5 aliphatic rings. The molecular formula is C52H43N3S. The van der Waals surface area contributed by atoms with Crippen molar-refractivity contribution in [1.29, 1.82) is 0 Å². The molecule has 4 fully saturated rings. The van der Waals surface area contributed by atoms with Crippen LogP contribution in [0.15, 0.2) is 180 Å². The lowest BCUT2D eigenvalue weighted by molar-refractivity contribution is -0.00518. The number of hydrogen-bond donors (Lipinski definition) is 0. The van der Waals surface area contributed by atoms with Crippen molar-refractivity contribution >= 4 is 67.7 Å². The second-order valence-electron chi connectivity index (χ2n) is 16.9. The second kappa shape index (κ2) is 12.7. The molecule has 0 N–H and O–H groups in total. The molecule has 3 nitrogen and oxygen atoms in total. The van der Waals surface area contributed by atoms with Crippen LogP contribution in [0.2, 0.25) is 0 Å². The highest BCUT2D eigenvalue weighted by Gasteiger charge is 2.51. The highest BCUT2D eigenvalue weighted by atomic mass is 32.2. The van der Waals surface area contributed by atoms with Crippen LogP contribution in [0.4, 0.5) is 34.1 Å². The molecule has 0 spiro atoms. The van der Waals surface area contributed by atoms with Crippen molar-refractivity contribution in [1.82, 2.24) is 4.57 Å². The third kappa shape index (κ3) is 5.12. The Morgan fingerprint density at radius 3 is 1.39 bits per heavy atom. The molecule has 13 rings (SSSR count). The van der Waals surface area contributed by atoms with Crippen LogP contribution in [0.25, 0.3) is 27.5 Å². The minimum Gasteiger partial charge on any atom is -0.311 e. The van der Waals surface area contributed by atoms with E-state index in [0.717, 1.165) is 34.8 Å². The van der Waals surface area contributed by atoms with Crippen LogP contribution >= 0.6 is 11.8 Å². The summed E-state index contributed by atoms with van der Waals surface area (Å²) in [5, 5.41) is 2.57. The van der Waals surface area contributed by atoms with Gasteiger partial charge in [-0.25, -0.2) is 0 Å². The zero-order valence-corrected chi connectivity index (χ0v) is 32.2. The van der Waals surface area contributed by atoms with Gasteiger partial charge in [-0.2, -0.15) is 0 Å². The first kappa shape index (κ1) is 32.5. The van der Waals surface area contributed by atoms with Crippen LogP contribution in [0, 0.1) is 17.8 Å². The largest absolute Gasteiger partial charge is 0.311 e. The number of para-hydroxylation sites is 4. The van der Waals surface area contributed by atoms with Crippen LogP contribution in [-0.2, 0) is 5.41 Å². The van der Waals surface area contributed by atoms with Gasteiger partial charge in [0, 0.05) is 49.0 Å². The van der Waals surface area contributed by atoms with Crippen LogP contribution in [0.5, 0.6) is 0 Å². The summed E-state index contributed by atoms with van der Waals surface area (Å²) in [5.74, 6) is 2.80. The molecule has 0 unspecified atom stereocenters. The van der Waals surface area contributed by atoms with Gasteiger partial charge in [-0.1, -0.05) is 84.6 Å². The standard InChI is InChI=1S/C52H43N3S/c1-3-11-46-44(9-1)45-10-2-4-12-47(45)54(46)42-25-21-40(22-26-42)53(39-19-17-38(18-20-39)52-32-35-29-36(33-52)31-37(30-35)34-52)41-23-27-43(28-24-41)55-48-13-5-7-15-50(48)56-51-16-8-6-14-49(51)55/h1-28,35-37H,29-34H2. The maximum Gasteiger partial charge on any atom is 0.0601 e. The molecule has 7 aromatic carbocycles. The minimum absolute atomic E-state index is 0.378. The zero-order chi connectivity index (χ0) is 36.8. The third-order valence-electron chi connectivity index (χ3n) is 13.5. The Kier molecular flexibility index (Phi) is 7.35. The highest BCUT2D eigenvalue weighted by Crippen LogP contribution is 2.61. The van der Waals surface area contributed by atoms with Gasteiger partial charge in [0.2, 0.25) is 0 Å². The van der Waals surface area contributed by atoms with E-state index in [4.69, 9.17) is 0 Å². The topological polar surface area (TPSA) is 11.4 Å². The maximum atomic E-state index is 2.48. The first-order valence-electron chi connectivity index (χ1n) is 20.4. The van der Waals surface area contributed by atoms with E-state index in [1.807, 2.05) is 11.8 Å². The van der Waals surface area contributed by atoms with E-state index in [1.54, 1.807) is 5.56 Å². The van der Waals surface area contributed by atoms with Crippen molar-refractivity contribution < 1.29 is 0 Å². The SMILES string of the molecule is c1ccc2c(c1)Sc1ccccc1N2c1ccc(N(c2ccc(-n3c4ccccc4c4ccccc43)cc2)c2ccc(C34CC5CC(CC(C5)C3)C4)cc2)cc1. The molecule has 0 atom stereocenters. The molecule has 272 valence electrons. The van der Waals surface area contributed by atoms with Gasteiger partial charge in [-0.15, -0.1) is 0 Å². The first-order chi connectivity index (χ1) is 27.7. The van der Waals surface area contributed by atoms with Crippen molar-refractivity contribution in [3.63, 3.8) is 0 Å². The predicted molar refractivity (Wildman–Crippen MR) is 234 cm³/mol. The van der Waals surface area contributed by atoms with Crippen molar-refractivity contribution in [2.75, 3.05) is 9.80 Å². The van der Waals surface area contributed by atoms with E-state index in [9.17, 15) is 0 Å². The summed E-state index contributed by atoms with van der Waals surface area (Å²) in [4.78, 5) is 7.41. The number of benzene rings is 7. The van der Waals surface area contributed by atoms with Crippen molar-refractivity contribution in [3.8, 4) is 5.69 Å². The molecule has 0 radical (unpaired) electrons. The average Bonchev–Trinajstić information content (AvgIpc) is 3.58. The van der Waals surface area contributed by atoms with Crippen LogP contribution in [0.3, 0.4) is 0 Å². The maximum absolute atomic E-state index is 2.48. The van der Waals surface area contributed by atoms with Gasteiger partial charge in [0.15, 0.2) is 0 Å². The summed E-state index contributed by atoms with van der Waals surface area (Å²) in [6.07, 6.45) is 8.57. The molecule has 4 aliphatic carbocycles. The summed E-state index contributed by atoms with van der Waals surface area (Å²) in [7, 11) is 0. The van der Waals surface area contributed by atoms with Crippen molar-refractivity contribution in [2.24, 2.45) is 17.8 Å². The van der Waals surface area contributed by atoms with Crippen LogP contribution in [0.1, 0.15) is 44.1 Å². The fourth-order valence-electron chi connectivity index (χ4n) is 11.6. The molecular weight excluding hydrogens is 699 g/mol. The molecule has 1 aromatic heterocycles. The van der Waals surface area contributed by atoms with Gasteiger partial charge in [0.25, 0.3) is 0 Å². The Balaban J connectivity index is 0.951. The van der Waals surface area contributed by atoms with E-state index in [2.05, 4.69) is 184 Å². The number of anilines is 6. The number of rotatable bonds is 6. The Morgan fingerprint density at radius 2 is 0.875 bits per heavy atom. The molecule has 4 bridgehead atoms. The van der Waals surface area contributed by atoms with Crippen LogP contribution in [-0.4, -0.2) is 4.57 Å². The van der Waals surface area contributed by atoms with E-state index in [1.165, 1.54) is 92.9 Å². The monoisotopic (exact) mass is 741 g/mol. The smallest absolute Gasteiger partial charge is 0.0601 e. The van der Waals surface area contributed by atoms with Gasteiger partial charge >= 0.3 is 0 Å². The van der Waals surface area contributed by atoms with E-state index in [-0.39, 0.29) is 0 Å². The van der Waals surface area contributed by atoms with Gasteiger partial charge in [-0.05, 0) is 164 Å². The quantitative estimate of drug-likeness (QED) is 0.168. The summed E-state index contributed by atoms with van der Waals surface area (Å²) in [6, 6.07) is 63.2. The molecule has 0 amide bonds. The Hall–Kier alpha value is -5.71. The average molecular weight is 742 g/mol. The number of fused-ring (bicyclic) bond motifs is 5. The molecule has 4 saturated carbocycles. The Bertz CT molecular complexity index is 2630. The lowest BCUT2D eigenvalue weighted by atomic mass is 9.48. The molecule has 1 aliphatic heterocycles. The first-order valence-corrected chi connectivity index (χ1v) is 21.2. The number of nitrogens with zero attached hydrogens (tertiary/aromatic N) is 3. The Morgan fingerprint density at radius 1 is 0.446 bits per heavy atom. The summed E-state index contributed by atoms with van der Waals surface area (Å²) < 4.78 is 2.40. The molecule has 8 aromatic rings. The van der Waals surface area contributed by atoms with E-state index >= 15 is 0 Å². The van der Waals surface area contributed by atoms with Crippen LogP contribution < -0.4 is 9.80 Å². The second-order valence-corrected chi connectivity index (χ2v) is 17.9. The van der Waals surface area contributed by atoms with Gasteiger partial charge in [0.1, 0.15) is 0 Å². The highest BCUT2D eigenvalue weighted by molar-refractivity contribution is 7.99. The van der Waals surface area contributed by atoms with E-state index < -0.39 is 0 Å². The van der Waals surface area contributed by atoms with Crippen molar-refractivity contribution in [3.05, 3.63) is 175 Å². The number of hydrogen-bond acceptors (Lipinski definition) is 3. The number of aromatic nitrogens is 1. The fraction of sp³-hybridized carbons (Fsp3) is 0.192. The third-order valence-corrected chi connectivity index (χ3v) is 14.7. The Labute approximate surface area is 333 Å². The zero-order valence-electron chi connectivity index (χ0n) is 31.4. The normalized spacial score (nSPS) is 22.0. The minimum atomic E-state index is 0.378. The van der Waals surface area contributed by atoms with Gasteiger partial charge < -0.3 is 14.4 Å². The molecule has 56 heavy (non-hydrogen) atoms. The lowest BCUT2D eigenvalue weighted by Crippen LogP contribution is -2.48. The molecule has 4 heteroatoms. The molecule has 0 saturated heterocycles.